The number of hydrogen-bond acceptors (Lipinski definition) is 3. The van der Waals surface area contributed by atoms with Crippen molar-refractivity contribution in [1.82, 2.24) is 10.6 Å². The molecule has 0 aliphatic heterocycles. The minimum atomic E-state index is -0.00420. The van der Waals surface area contributed by atoms with Crippen LogP contribution in [0.1, 0.15) is 20.3 Å². The van der Waals surface area contributed by atoms with Gasteiger partial charge in [0.25, 0.3) is 0 Å². The second-order valence-electron chi connectivity index (χ2n) is 3.73. The van der Waals surface area contributed by atoms with Gasteiger partial charge in [-0.3, -0.25) is 4.79 Å². The van der Waals surface area contributed by atoms with Gasteiger partial charge in [0.15, 0.2) is 0 Å². The molecule has 0 fully saturated rings. The summed E-state index contributed by atoms with van der Waals surface area (Å²) in [7, 11) is 1.62. The highest BCUT2D eigenvalue weighted by atomic mass is 16.5. The number of nitrogens with one attached hydrogen (secondary N) is 2. The van der Waals surface area contributed by atoms with Crippen LogP contribution in [-0.4, -0.2) is 38.3 Å². The van der Waals surface area contributed by atoms with Crippen LogP contribution in [0.3, 0.4) is 0 Å². The summed E-state index contributed by atoms with van der Waals surface area (Å²) in [5.74, 6) is -0.00420. The fraction of sp³-hybridized carbons (Fsp3) is 0.727. The largest absolute Gasteiger partial charge is 0.383 e. The quantitative estimate of drug-likeness (QED) is 0.585. The Kier molecular flexibility index (Phi) is 7.95. The highest BCUT2D eigenvalue weighted by molar-refractivity contribution is 5.78. The molecule has 0 heterocycles. The number of carbonyl (C=O) groups excluding carboxylic acids is 1. The van der Waals surface area contributed by atoms with Crippen LogP contribution in [0.25, 0.3) is 0 Å². The van der Waals surface area contributed by atoms with E-state index in [0.29, 0.717) is 13.2 Å². The summed E-state index contributed by atoms with van der Waals surface area (Å²) in [5.41, 5.74) is 0. The standard InChI is InChI=1S/C11H22N2O2/c1-5-6-9(2)12-7-11(14)13-10(3)8-15-4/h5,9-10,12H,1,6-8H2,2-4H3,(H,13,14). The van der Waals surface area contributed by atoms with E-state index in [1.165, 1.54) is 0 Å². The van der Waals surface area contributed by atoms with Crippen LogP contribution in [0.4, 0.5) is 0 Å². The van der Waals surface area contributed by atoms with E-state index in [2.05, 4.69) is 17.2 Å². The van der Waals surface area contributed by atoms with Crippen molar-refractivity contribution in [3.05, 3.63) is 12.7 Å². The molecule has 2 atom stereocenters. The fourth-order valence-electron chi connectivity index (χ4n) is 1.22. The molecule has 2 N–H and O–H groups in total. The van der Waals surface area contributed by atoms with Gasteiger partial charge in [-0.1, -0.05) is 6.08 Å². The molecular weight excluding hydrogens is 192 g/mol. The van der Waals surface area contributed by atoms with Crippen molar-refractivity contribution in [2.45, 2.75) is 32.4 Å². The summed E-state index contributed by atoms with van der Waals surface area (Å²) >= 11 is 0. The normalized spacial score (nSPS) is 14.3. The van der Waals surface area contributed by atoms with E-state index in [-0.39, 0.29) is 18.0 Å². The van der Waals surface area contributed by atoms with Gasteiger partial charge in [-0.05, 0) is 20.3 Å². The van der Waals surface area contributed by atoms with Crippen LogP contribution in [0.2, 0.25) is 0 Å². The first-order chi connectivity index (χ1) is 7.10. The van der Waals surface area contributed by atoms with Gasteiger partial charge in [0.2, 0.25) is 5.91 Å². The second-order valence-corrected chi connectivity index (χ2v) is 3.73. The van der Waals surface area contributed by atoms with Gasteiger partial charge in [-0.2, -0.15) is 0 Å². The average Bonchev–Trinajstić information content (AvgIpc) is 2.15. The first-order valence-corrected chi connectivity index (χ1v) is 5.22. The zero-order chi connectivity index (χ0) is 11.7. The molecule has 0 aromatic carbocycles. The highest BCUT2D eigenvalue weighted by Crippen LogP contribution is 1.89. The molecule has 0 bridgehead atoms. The molecule has 0 radical (unpaired) electrons. The van der Waals surface area contributed by atoms with Crippen molar-refractivity contribution in [2.75, 3.05) is 20.3 Å². The number of amides is 1. The summed E-state index contributed by atoms with van der Waals surface area (Å²) in [6.07, 6.45) is 2.70. The Hall–Kier alpha value is -0.870. The molecule has 4 nitrogen and oxygen atoms in total. The van der Waals surface area contributed by atoms with E-state index in [4.69, 9.17) is 4.74 Å². The third kappa shape index (κ3) is 8.15. The minimum absolute atomic E-state index is 0.00420. The molecule has 88 valence electrons. The first-order valence-electron chi connectivity index (χ1n) is 5.22. The van der Waals surface area contributed by atoms with E-state index >= 15 is 0 Å². The van der Waals surface area contributed by atoms with Gasteiger partial charge in [0.1, 0.15) is 0 Å². The molecule has 0 aromatic heterocycles. The first kappa shape index (κ1) is 14.1. The topological polar surface area (TPSA) is 50.4 Å². The lowest BCUT2D eigenvalue weighted by atomic mass is 10.2. The van der Waals surface area contributed by atoms with Crippen molar-refractivity contribution in [3.63, 3.8) is 0 Å². The smallest absolute Gasteiger partial charge is 0.234 e. The summed E-state index contributed by atoms with van der Waals surface area (Å²) in [6, 6.07) is 0.338. The predicted molar refractivity (Wildman–Crippen MR) is 61.8 cm³/mol. The van der Waals surface area contributed by atoms with Crippen molar-refractivity contribution in [2.24, 2.45) is 0 Å². The molecule has 4 heteroatoms. The van der Waals surface area contributed by atoms with Crippen molar-refractivity contribution < 1.29 is 9.53 Å². The lowest BCUT2D eigenvalue weighted by Gasteiger charge is -2.15. The van der Waals surface area contributed by atoms with Crippen molar-refractivity contribution >= 4 is 5.91 Å². The van der Waals surface area contributed by atoms with Crippen LogP contribution in [-0.2, 0) is 9.53 Å². The van der Waals surface area contributed by atoms with Crippen LogP contribution in [0.15, 0.2) is 12.7 Å². The zero-order valence-corrected chi connectivity index (χ0v) is 9.88. The Balaban J connectivity index is 3.60. The van der Waals surface area contributed by atoms with E-state index in [0.717, 1.165) is 6.42 Å². The van der Waals surface area contributed by atoms with E-state index in [1.54, 1.807) is 7.11 Å². The number of rotatable bonds is 8. The maximum atomic E-state index is 11.4. The Labute approximate surface area is 92.1 Å². The Bertz CT molecular complexity index is 195. The minimum Gasteiger partial charge on any atom is -0.383 e. The summed E-state index contributed by atoms with van der Waals surface area (Å²) < 4.78 is 4.92. The summed E-state index contributed by atoms with van der Waals surface area (Å²) in [4.78, 5) is 11.4. The molecule has 1 amide bonds. The van der Waals surface area contributed by atoms with Crippen LogP contribution >= 0.6 is 0 Å². The molecule has 0 saturated carbocycles. The number of ether oxygens (including phenoxy) is 1. The molecule has 0 saturated heterocycles. The number of methoxy groups -OCH3 is 1. The Morgan fingerprint density at radius 2 is 2.13 bits per heavy atom. The van der Waals surface area contributed by atoms with E-state index in [9.17, 15) is 4.79 Å². The van der Waals surface area contributed by atoms with Crippen molar-refractivity contribution in [3.8, 4) is 0 Å². The third-order valence-electron chi connectivity index (χ3n) is 1.96. The highest BCUT2D eigenvalue weighted by Gasteiger charge is 2.07. The molecule has 0 aromatic rings. The van der Waals surface area contributed by atoms with Crippen LogP contribution in [0, 0.1) is 0 Å². The zero-order valence-electron chi connectivity index (χ0n) is 9.88. The second kappa shape index (κ2) is 8.44. The molecular formula is C11H22N2O2. The molecule has 15 heavy (non-hydrogen) atoms. The Morgan fingerprint density at radius 3 is 2.67 bits per heavy atom. The molecule has 0 rings (SSSR count). The molecule has 0 aliphatic rings. The van der Waals surface area contributed by atoms with Gasteiger partial charge in [0, 0.05) is 19.2 Å². The third-order valence-corrected chi connectivity index (χ3v) is 1.96. The van der Waals surface area contributed by atoms with Gasteiger partial charge >= 0.3 is 0 Å². The average molecular weight is 214 g/mol. The molecule has 0 aliphatic carbocycles. The van der Waals surface area contributed by atoms with Crippen LogP contribution < -0.4 is 10.6 Å². The van der Waals surface area contributed by atoms with Gasteiger partial charge < -0.3 is 15.4 Å². The number of carbonyl (C=O) groups is 1. The van der Waals surface area contributed by atoms with E-state index in [1.807, 2.05) is 19.9 Å². The molecule has 2 unspecified atom stereocenters. The maximum Gasteiger partial charge on any atom is 0.234 e. The fourth-order valence-corrected chi connectivity index (χ4v) is 1.22. The van der Waals surface area contributed by atoms with Gasteiger partial charge in [-0.15, -0.1) is 6.58 Å². The monoisotopic (exact) mass is 214 g/mol. The summed E-state index contributed by atoms with van der Waals surface area (Å²) in [6.45, 7) is 8.45. The van der Waals surface area contributed by atoms with Gasteiger partial charge in [-0.25, -0.2) is 0 Å². The SMILES string of the molecule is C=CCC(C)NCC(=O)NC(C)COC. The van der Waals surface area contributed by atoms with Crippen molar-refractivity contribution in [1.29, 1.82) is 0 Å². The number of hydrogen-bond donors (Lipinski definition) is 2. The lowest BCUT2D eigenvalue weighted by molar-refractivity contribution is -0.121. The van der Waals surface area contributed by atoms with Crippen LogP contribution in [0.5, 0.6) is 0 Å². The summed E-state index contributed by atoms with van der Waals surface area (Å²) in [5, 5.41) is 5.93. The lowest BCUT2D eigenvalue weighted by Crippen LogP contribution is -2.42. The molecule has 0 spiro atoms. The Morgan fingerprint density at radius 1 is 1.47 bits per heavy atom. The predicted octanol–water partition coefficient (Wildman–Crippen LogP) is 0.692. The van der Waals surface area contributed by atoms with E-state index < -0.39 is 0 Å². The van der Waals surface area contributed by atoms with Gasteiger partial charge in [0.05, 0.1) is 13.2 Å². The maximum absolute atomic E-state index is 11.4.